The summed E-state index contributed by atoms with van der Waals surface area (Å²) in [5, 5.41) is 4.00. The second-order valence-electron chi connectivity index (χ2n) is 7.51. The summed E-state index contributed by atoms with van der Waals surface area (Å²) in [5.74, 6) is 1.68. The summed E-state index contributed by atoms with van der Waals surface area (Å²) in [5.41, 5.74) is 6.32. The maximum absolute atomic E-state index is 12.3. The number of carbonyl (C=O) groups is 1. The predicted octanol–water partition coefficient (Wildman–Crippen LogP) is 2.07. The molecule has 6 nitrogen and oxygen atoms in total. The maximum Gasteiger partial charge on any atom is 0.410 e. The van der Waals surface area contributed by atoms with Crippen molar-refractivity contribution in [2.24, 2.45) is 17.6 Å². The van der Waals surface area contributed by atoms with E-state index in [-0.39, 0.29) is 11.5 Å². The second-order valence-corrected chi connectivity index (χ2v) is 7.51. The normalized spacial score (nSPS) is 30.9. The van der Waals surface area contributed by atoms with E-state index < -0.39 is 5.60 Å². The minimum absolute atomic E-state index is 0.155. The highest BCUT2D eigenvalue weighted by atomic mass is 16.6. The number of ether oxygens (including phenoxy) is 1. The van der Waals surface area contributed by atoms with Gasteiger partial charge in [0.15, 0.2) is 0 Å². The first-order valence-corrected chi connectivity index (χ1v) is 7.90. The summed E-state index contributed by atoms with van der Waals surface area (Å²) in [6.45, 7) is 9.49. The standard InChI is InChI=1S/C16H25N3O3/c1-10-7-13(22-18-10)16(9-17)11-5-6-19(8-12(11)16)14(20)21-15(2,3)4/h7,11-12H,5-6,8-9,17H2,1-4H3. The van der Waals surface area contributed by atoms with Gasteiger partial charge in [-0.1, -0.05) is 5.16 Å². The molecule has 3 rings (SSSR count). The zero-order valence-corrected chi connectivity index (χ0v) is 13.8. The number of aromatic nitrogens is 1. The lowest BCUT2D eigenvalue weighted by Gasteiger charge is -2.29. The topological polar surface area (TPSA) is 81.6 Å². The van der Waals surface area contributed by atoms with Crippen molar-refractivity contribution in [2.75, 3.05) is 19.6 Å². The molecule has 1 aliphatic heterocycles. The largest absolute Gasteiger partial charge is 0.444 e. The zero-order chi connectivity index (χ0) is 16.1. The Bertz CT molecular complexity index is 577. The van der Waals surface area contributed by atoms with E-state index in [1.165, 1.54) is 0 Å². The molecule has 1 amide bonds. The van der Waals surface area contributed by atoms with Crippen molar-refractivity contribution in [3.63, 3.8) is 0 Å². The van der Waals surface area contributed by atoms with E-state index in [9.17, 15) is 4.79 Å². The van der Waals surface area contributed by atoms with E-state index in [2.05, 4.69) is 5.16 Å². The summed E-state index contributed by atoms with van der Waals surface area (Å²) < 4.78 is 11.0. The molecule has 0 bridgehead atoms. The number of likely N-dealkylation sites (tertiary alicyclic amines) is 1. The molecule has 1 saturated carbocycles. The second kappa shape index (κ2) is 4.98. The van der Waals surface area contributed by atoms with Gasteiger partial charge in [-0.2, -0.15) is 0 Å². The third-order valence-electron chi connectivity index (χ3n) is 4.90. The Morgan fingerprint density at radius 2 is 2.27 bits per heavy atom. The van der Waals surface area contributed by atoms with Gasteiger partial charge in [0.25, 0.3) is 0 Å². The first-order valence-electron chi connectivity index (χ1n) is 7.90. The lowest BCUT2D eigenvalue weighted by Crippen LogP contribution is -2.40. The fourth-order valence-corrected chi connectivity index (χ4v) is 3.82. The van der Waals surface area contributed by atoms with Crippen molar-refractivity contribution >= 4 is 6.09 Å². The Kier molecular flexibility index (Phi) is 3.47. The number of amides is 1. The van der Waals surface area contributed by atoms with Gasteiger partial charge in [-0.25, -0.2) is 4.79 Å². The Morgan fingerprint density at radius 1 is 1.55 bits per heavy atom. The third kappa shape index (κ3) is 2.39. The van der Waals surface area contributed by atoms with Crippen LogP contribution >= 0.6 is 0 Å². The predicted molar refractivity (Wildman–Crippen MR) is 81.4 cm³/mol. The molecule has 1 saturated heterocycles. The number of hydrogen-bond donors (Lipinski definition) is 1. The first-order chi connectivity index (χ1) is 10.3. The highest BCUT2D eigenvalue weighted by Gasteiger charge is 2.68. The van der Waals surface area contributed by atoms with Crippen LogP contribution in [0.2, 0.25) is 0 Å². The smallest absolute Gasteiger partial charge is 0.410 e. The number of nitrogens with two attached hydrogens (primary N) is 1. The van der Waals surface area contributed by atoms with Crippen molar-refractivity contribution in [2.45, 2.75) is 45.1 Å². The summed E-state index contributed by atoms with van der Waals surface area (Å²) in [7, 11) is 0. The molecule has 0 aromatic carbocycles. The highest BCUT2D eigenvalue weighted by molar-refractivity contribution is 5.68. The first kappa shape index (κ1) is 15.3. The van der Waals surface area contributed by atoms with Crippen molar-refractivity contribution in [1.29, 1.82) is 0 Å². The number of piperidine rings is 1. The molecule has 2 fully saturated rings. The van der Waals surface area contributed by atoms with Gasteiger partial charge in [-0.15, -0.1) is 0 Å². The van der Waals surface area contributed by atoms with Crippen LogP contribution in [0.4, 0.5) is 4.79 Å². The molecule has 6 heteroatoms. The van der Waals surface area contributed by atoms with Crippen LogP contribution in [-0.4, -0.2) is 41.4 Å². The van der Waals surface area contributed by atoms with Crippen molar-refractivity contribution in [3.8, 4) is 0 Å². The molecular formula is C16H25N3O3. The van der Waals surface area contributed by atoms with E-state index in [0.29, 0.717) is 31.5 Å². The van der Waals surface area contributed by atoms with E-state index in [1.807, 2.05) is 33.8 Å². The molecule has 22 heavy (non-hydrogen) atoms. The molecule has 2 aliphatic rings. The summed E-state index contributed by atoms with van der Waals surface area (Å²) in [4.78, 5) is 14.1. The van der Waals surface area contributed by atoms with Crippen LogP contribution in [-0.2, 0) is 10.2 Å². The van der Waals surface area contributed by atoms with Gasteiger partial charge < -0.3 is 19.9 Å². The molecule has 0 spiro atoms. The summed E-state index contributed by atoms with van der Waals surface area (Å²) in [6.07, 6.45) is 0.693. The number of nitrogens with zero attached hydrogens (tertiary/aromatic N) is 2. The Labute approximate surface area is 131 Å². The van der Waals surface area contributed by atoms with Gasteiger partial charge in [0.05, 0.1) is 11.1 Å². The number of carbonyl (C=O) groups excluding carboxylic acids is 1. The van der Waals surface area contributed by atoms with Crippen LogP contribution in [0.5, 0.6) is 0 Å². The average Bonchev–Trinajstić information content (AvgIpc) is 2.89. The fourth-order valence-electron chi connectivity index (χ4n) is 3.82. The molecule has 122 valence electrons. The van der Waals surface area contributed by atoms with E-state index in [4.69, 9.17) is 15.0 Å². The molecule has 2 N–H and O–H groups in total. The maximum atomic E-state index is 12.3. The van der Waals surface area contributed by atoms with Gasteiger partial charge in [0, 0.05) is 25.7 Å². The third-order valence-corrected chi connectivity index (χ3v) is 4.90. The Balaban J connectivity index is 1.73. The number of hydrogen-bond acceptors (Lipinski definition) is 5. The lowest BCUT2D eigenvalue weighted by molar-refractivity contribution is 0.0206. The van der Waals surface area contributed by atoms with Crippen LogP contribution in [0.15, 0.2) is 10.6 Å². The summed E-state index contributed by atoms with van der Waals surface area (Å²) in [6, 6.07) is 1.98. The molecule has 2 heterocycles. The molecule has 1 aromatic heterocycles. The number of fused-ring (bicyclic) bond motifs is 1. The lowest BCUT2D eigenvalue weighted by atomic mass is 9.98. The quantitative estimate of drug-likeness (QED) is 0.904. The molecule has 1 aliphatic carbocycles. The van der Waals surface area contributed by atoms with Crippen LogP contribution in [0.1, 0.15) is 38.6 Å². The molecular weight excluding hydrogens is 282 g/mol. The van der Waals surface area contributed by atoms with E-state index in [1.54, 1.807) is 4.90 Å². The van der Waals surface area contributed by atoms with Crippen LogP contribution in [0, 0.1) is 18.8 Å². The Hall–Kier alpha value is -1.56. The van der Waals surface area contributed by atoms with Crippen LogP contribution in [0.25, 0.3) is 0 Å². The average molecular weight is 307 g/mol. The minimum Gasteiger partial charge on any atom is -0.444 e. The highest BCUT2D eigenvalue weighted by Crippen LogP contribution is 2.63. The van der Waals surface area contributed by atoms with Gasteiger partial charge in [0.1, 0.15) is 11.4 Å². The van der Waals surface area contributed by atoms with Crippen molar-refractivity contribution < 1.29 is 14.1 Å². The van der Waals surface area contributed by atoms with Gasteiger partial charge in [0.2, 0.25) is 0 Å². The van der Waals surface area contributed by atoms with E-state index in [0.717, 1.165) is 17.9 Å². The molecule has 3 unspecified atom stereocenters. The van der Waals surface area contributed by atoms with E-state index >= 15 is 0 Å². The minimum atomic E-state index is -0.468. The summed E-state index contributed by atoms with van der Waals surface area (Å²) >= 11 is 0. The SMILES string of the molecule is Cc1cc(C2(CN)C3CCN(C(=O)OC(C)(C)C)CC32)on1. The fraction of sp³-hybridized carbons (Fsp3) is 0.750. The zero-order valence-electron chi connectivity index (χ0n) is 13.8. The molecule has 0 radical (unpaired) electrons. The molecule has 1 aromatic rings. The number of rotatable bonds is 2. The van der Waals surface area contributed by atoms with Gasteiger partial charge in [-0.05, 0) is 46.0 Å². The monoisotopic (exact) mass is 307 g/mol. The molecule has 3 atom stereocenters. The van der Waals surface area contributed by atoms with Crippen molar-refractivity contribution in [3.05, 3.63) is 17.5 Å². The van der Waals surface area contributed by atoms with Crippen LogP contribution in [0.3, 0.4) is 0 Å². The van der Waals surface area contributed by atoms with Gasteiger partial charge >= 0.3 is 6.09 Å². The number of aryl methyl sites for hydroxylation is 1. The van der Waals surface area contributed by atoms with Gasteiger partial charge in [-0.3, -0.25) is 0 Å². The Morgan fingerprint density at radius 3 is 2.82 bits per heavy atom. The van der Waals surface area contributed by atoms with Crippen molar-refractivity contribution in [1.82, 2.24) is 10.1 Å². The van der Waals surface area contributed by atoms with Crippen LogP contribution < -0.4 is 5.73 Å².